The third kappa shape index (κ3) is 10.0. The maximum atomic E-state index is 13.2. The second-order valence-electron chi connectivity index (χ2n) is 8.25. The van der Waals surface area contributed by atoms with Crippen LogP contribution >= 0.6 is 0 Å². The molecule has 0 fully saturated rings. The zero-order valence-electron chi connectivity index (χ0n) is 19.6. The molecule has 1 rings (SSSR count). The van der Waals surface area contributed by atoms with E-state index in [0.717, 1.165) is 43.5 Å². The molecule has 0 aromatic heterocycles. The molecule has 0 bridgehead atoms. The molecule has 0 aliphatic heterocycles. The van der Waals surface area contributed by atoms with Crippen molar-refractivity contribution in [2.45, 2.75) is 89.2 Å². The van der Waals surface area contributed by atoms with Gasteiger partial charge in [0.1, 0.15) is 0 Å². The molecule has 11 heteroatoms. The first-order valence-corrected chi connectivity index (χ1v) is 11.6. The van der Waals surface area contributed by atoms with Crippen LogP contribution in [0.2, 0.25) is 0 Å². The SMILES string of the molecule is CCCCCCCCCCCCOC(=O)c1ccc(C(=O)OCC(F)(F)C(F)(F)C(F)(F)F)cc1. The highest BCUT2D eigenvalue weighted by atomic mass is 19.4. The van der Waals surface area contributed by atoms with E-state index in [9.17, 15) is 40.3 Å². The van der Waals surface area contributed by atoms with E-state index in [2.05, 4.69) is 11.7 Å². The molecular formula is C24H31F7O4. The lowest BCUT2D eigenvalue weighted by Gasteiger charge is -2.27. The molecular weight excluding hydrogens is 485 g/mol. The molecule has 35 heavy (non-hydrogen) atoms. The fourth-order valence-electron chi connectivity index (χ4n) is 3.12. The van der Waals surface area contributed by atoms with Crippen molar-refractivity contribution in [3.63, 3.8) is 0 Å². The number of esters is 2. The third-order valence-electron chi connectivity index (χ3n) is 5.29. The smallest absolute Gasteiger partial charge is 0.460 e. The van der Waals surface area contributed by atoms with Gasteiger partial charge in [0.05, 0.1) is 17.7 Å². The Morgan fingerprint density at radius 1 is 0.657 bits per heavy atom. The van der Waals surface area contributed by atoms with Gasteiger partial charge in [-0.3, -0.25) is 0 Å². The van der Waals surface area contributed by atoms with E-state index < -0.39 is 42.1 Å². The van der Waals surface area contributed by atoms with Gasteiger partial charge in [0.25, 0.3) is 0 Å². The monoisotopic (exact) mass is 516 g/mol. The van der Waals surface area contributed by atoms with E-state index in [1.165, 1.54) is 38.5 Å². The van der Waals surface area contributed by atoms with Crippen molar-refractivity contribution in [1.82, 2.24) is 0 Å². The van der Waals surface area contributed by atoms with Crippen molar-refractivity contribution in [3.8, 4) is 0 Å². The summed E-state index contributed by atoms with van der Waals surface area (Å²) < 4.78 is 97.5. The summed E-state index contributed by atoms with van der Waals surface area (Å²) in [5.41, 5.74) is -0.370. The molecule has 0 atom stereocenters. The summed E-state index contributed by atoms with van der Waals surface area (Å²) in [7, 11) is 0. The molecule has 0 heterocycles. The summed E-state index contributed by atoms with van der Waals surface area (Å²) in [5.74, 6) is -14.3. The van der Waals surface area contributed by atoms with Gasteiger partial charge in [-0.25, -0.2) is 9.59 Å². The van der Waals surface area contributed by atoms with Gasteiger partial charge in [-0.1, -0.05) is 64.7 Å². The minimum atomic E-state index is -6.52. The number of carbonyl (C=O) groups excluding carboxylic acids is 2. The number of carbonyl (C=O) groups is 2. The van der Waals surface area contributed by atoms with Gasteiger partial charge in [-0.2, -0.15) is 30.7 Å². The number of benzene rings is 1. The second kappa shape index (κ2) is 14.3. The topological polar surface area (TPSA) is 52.6 Å². The lowest BCUT2D eigenvalue weighted by molar-refractivity contribution is -0.359. The summed E-state index contributed by atoms with van der Waals surface area (Å²) in [6.45, 7) is -0.102. The highest BCUT2D eigenvalue weighted by molar-refractivity contribution is 5.93. The van der Waals surface area contributed by atoms with Crippen LogP contribution < -0.4 is 0 Å². The van der Waals surface area contributed by atoms with Crippen molar-refractivity contribution >= 4 is 11.9 Å². The summed E-state index contributed by atoms with van der Waals surface area (Å²) in [4.78, 5) is 23.8. The highest BCUT2D eigenvalue weighted by Gasteiger charge is 2.73. The van der Waals surface area contributed by atoms with E-state index in [1.807, 2.05) is 0 Å². The van der Waals surface area contributed by atoms with E-state index in [4.69, 9.17) is 4.74 Å². The van der Waals surface area contributed by atoms with Gasteiger partial charge in [-0.15, -0.1) is 0 Å². The summed E-state index contributed by atoms with van der Waals surface area (Å²) >= 11 is 0. The van der Waals surface area contributed by atoms with Crippen molar-refractivity contribution in [3.05, 3.63) is 35.4 Å². The van der Waals surface area contributed by atoms with E-state index in [-0.39, 0.29) is 12.2 Å². The van der Waals surface area contributed by atoms with E-state index in [0.29, 0.717) is 6.42 Å². The van der Waals surface area contributed by atoms with Crippen LogP contribution in [0.5, 0.6) is 0 Å². The molecule has 0 aliphatic carbocycles. The first-order valence-electron chi connectivity index (χ1n) is 11.6. The van der Waals surface area contributed by atoms with Crippen LogP contribution in [0.25, 0.3) is 0 Å². The molecule has 0 saturated carbocycles. The molecule has 1 aromatic carbocycles. The molecule has 0 saturated heterocycles. The molecule has 0 amide bonds. The van der Waals surface area contributed by atoms with Crippen LogP contribution in [0.4, 0.5) is 30.7 Å². The predicted octanol–water partition coefficient (Wildman–Crippen LogP) is 7.75. The average Bonchev–Trinajstić information content (AvgIpc) is 2.80. The molecule has 200 valence electrons. The average molecular weight is 516 g/mol. The fraction of sp³-hybridized carbons (Fsp3) is 0.667. The number of unbranched alkanes of at least 4 members (excludes halogenated alkanes) is 9. The quantitative estimate of drug-likeness (QED) is 0.128. The Balaban J connectivity index is 2.36. The van der Waals surface area contributed by atoms with Gasteiger partial charge >= 0.3 is 30.0 Å². The Kier molecular flexibility index (Phi) is 12.5. The number of hydrogen-bond donors (Lipinski definition) is 0. The molecule has 0 aliphatic rings. The van der Waals surface area contributed by atoms with Crippen molar-refractivity contribution in [2.75, 3.05) is 13.2 Å². The molecule has 0 N–H and O–H groups in total. The number of alkyl halides is 7. The Bertz CT molecular complexity index is 777. The first-order chi connectivity index (χ1) is 16.3. The number of rotatable bonds is 16. The Hall–Kier alpha value is -2.33. The van der Waals surface area contributed by atoms with Gasteiger partial charge in [0.2, 0.25) is 0 Å². The van der Waals surface area contributed by atoms with Crippen LogP contribution in [0, 0.1) is 0 Å². The Labute approximate surface area is 200 Å². The first kappa shape index (κ1) is 30.7. The van der Waals surface area contributed by atoms with Crippen LogP contribution in [-0.4, -0.2) is 43.2 Å². The van der Waals surface area contributed by atoms with Gasteiger partial charge in [0.15, 0.2) is 6.61 Å². The van der Waals surface area contributed by atoms with Crippen LogP contribution in [0.1, 0.15) is 91.8 Å². The van der Waals surface area contributed by atoms with E-state index >= 15 is 0 Å². The van der Waals surface area contributed by atoms with E-state index in [1.54, 1.807) is 0 Å². The minimum absolute atomic E-state index is 0.0440. The lowest BCUT2D eigenvalue weighted by atomic mass is 10.1. The number of ether oxygens (including phenoxy) is 2. The second-order valence-corrected chi connectivity index (χ2v) is 8.25. The Morgan fingerprint density at radius 2 is 1.06 bits per heavy atom. The molecule has 0 radical (unpaired) electrons. The van der Waals surface area contributed by atoms with Crippen LogP contribution in [0.3, 0.4) is 0 Å². The van der Waals surface area contributed by atoms with Crippen molar-refractivity contribution in [2.24, 2.45) is 0 Å². The lowest BCUT2D eigenvalue weighted by Crippen LogP contribution is -2.54. The molecule has 0 unspecified atom stereocenters. The Morgan fingerprint density at radius 3 is 1.49 bits per heavy atom. The molecule has 4 nitrogen and oxygen atoms in total. The maximum Gasteiger partial charge on any atom is 0.460 e. The highest BCUT2D eigenvalue weighted by Crippen LogP contribution is 2.46. The summed E-state index contributed by atoms with van der Waals surface area (Å²) in [6, 6.07) is 4.22. The summed E-state index contributed by atoms with van der Waals surface area (Å²) in [5, 5.41) is 0. The zero-order valence-corrected chi connectivity index (χ0v) is 19.6. The van der Waals surface area contributed by atoms with Crippen molar-refractivity contribution < 1.29 is 49.8 Å². The summed E-state index contributed by atoms with van der Waals surface area (Å²) in [6.07, 6.45) is 4.65. The fourth-order valence-corrected chi connectivity index (χ4v) is 3.12. The number of hydrogen-bond acceptors (Lipinski definition) is 4. The van der Waals surface area contributed by atoms with Crippen molar-refractivity contribution in [1.29, 1.82) is 0 Å². The van der Waals surface area contributed by atoms with Gasteiger partial charge < -0.3 is 9.47 Å². The zero-order chi connectivity index (χ0) is 26.5. The van der Waals surface area contributed by atoms with Crippen LogP contribution in [-0.2, 0) is 9.47 Å². The van der Waals surface area contributed by atoms with Gasteiger partial charge in [-0.05, 0) is 30.7 Å². The molecule has 0 spiro atoms. The predicted molar refractivity (Wildman–Crippen MR) is 115 cm³/mol. The standard InChI is InChI=1S/C24H31F7O4/c1-2-3-4-5-6-7-8-9-10-11-16-34-20(32)18-12-14-19(15-13-18)21(33)35-17-22(25,26)23(27,28)24(29,30)31/h12-15H,2-11,16-17H2,1H3. The largest absolute Gasteiger partial charge is 0.462 e. The maximum absolute atomic E-state index is 13.2. The minimum Gasteiger partial charge on any atom is -0.462 e. The van der Waals surface area contributed by atoms with Crippen LogP contribution in [0.15, 0.2) is 24.3 Å². The number of halogens is 7. The third-order valence-corrected chi connectivity index (χ3v) is 5.29. The van der Waals surface area contributed by atoms with Gasteiger partial charge in [0, 0.05) is 0 Å². The normalized spacial score (nSPS) is 12.5. The molecule has 1 aromatic rings.